The quantitative estimate of drug-likeness (QED) is 0.667. The zero-order chi connectivity index (χ0) is 10.7. The first-order chi connectivity index (χ1) is 6.56. The molecule has 1 heterocycles. The summed E-state index contributed by atoms with van der Waals surface area (Å²) in [4.78, 5) is 14.6. The summed E-state index contributed by atoms with van der Waals surface area (Å²) in [6.45, 7) is 1.99. The molecule has 0 bridgehead atoms. The molecule has 1 rings (SSSR count). The van der Waals surface area contributed by atoms with E-state index < -0.39 is 0 Å². The Kier molecular flexibility index (Phi) is 3.19. The molecule has 1 aromatic rings. The predicted octanol–water partition coefficient (Wildman–Crippen LogP) is -0.130. The van der Waals surface area contributed by atoms with Crippen molar-refractivity contribution in [2.24, 2.45) is 5.73 Å². The highest BCUT2D eigenvalue weighted by atomic mass is 32.1. The van der Waals surface area contributed by atoms with E-state index >= 15 is 0 Å². The van der Waals surface area contributed by atoms with Gasteiger partial charge in [-0.3, -0.25) is 9.36 Å². The van der Waals surface area contributed by atoms with E-state index in [0.29, 0.717) is 12.1 Å². The molecule has 0 fully saturated rings. The molecule has 0 unspecified atom stereocenters. The maximum Gasteiger partial charge on any atom is 0.274 e. The van der Waals surface area contributed by atoms with Crippen molar-refractivity contribution in [1.29, 1.82) is 0 Å². The molecule has 0 amide bonds. The maximum absolute atomic E-state index is 11.1. The van der Waals surface area contributed by atoms with Crippen molar-refractivity contribution in [2.75, 3.05) is 5.73 Å². The largest absolute Gasteiger partial charge is 0.376 e. The highest BCUT2D eigenvalue weighted by molar-refractivity contribution is 7.80. The monoisotopic (exact) mass is 212 g/mol. The Hall–Kier alpha value is -1.43. The molecule has 0 aromatic carbocycles. The van der Waals surface area contributed by atoms with Crippen LogP contribution in [0.4, 0.5) is 5.95 Å². The van der Waals surface area contributed by atoms with Crippen molar-refractivity contribution >= 4 is 23.3 Å². The smallest absolute Gasteiger partial charge is 0.274 e. The molecule has 4 N–H and O–H groups in total. The van der Waals surface area contributed by atoms with Gasteiger partial charge >= 0.3 is 0 Å². The third-order valence-electron chi connectivity index (χ3n) is 1.76. The molecule has 0 aliphatic carbocycles. The van der Waals surface area contributed by atoms with Gasteiger partial charge in [0, 0.05) is 11.8 Å². The van der Waals surface area contributed by atoms with Crippen LogP contribution in [0.1, 0.15) is 19.0 Å². The van der Waals surface area contributed by atoms with E-state index in [1.165, 1.54) is 10.6 Å². The number of nitrogens with two attached hydrogens (primary N) is 2. The van der Waals surface area contributed by atoms with Crippen LogP contribution in [0.25, 0.3) is 0 Å². The number of thiocarbonyl (C=S) groups is 1. The summed E-state index contributed by atoms with van der Waals surface area (Å²) in [6, 6.07) is 1.40. The first-order valence-corrected chi connectivity index (χ1v) is 4.65. The van der Waals surface area contributed by atoms with Crippen LogP contribution in [-0.4, -0.2) is 14.7 Å². The molecule has 0 atom stereocenters. The average Bonchev–Trinajstić information content (AvgIpc) is 2.01. The second-order valence-electron chi connectivity index (χ2n) is 2.87. The molecule has 76 valence electrons. The molecule has 6 heteroatoms. The van der Waals surface area contributed by atoms with Crippen LogP contribution >= 0.6 is 12.2 Å². The summed E-state index contributed by atoms with van der Waals surface area (Å²) in [6.07, 6.45) is 1.57. The molecule has 5 nitrogen and oxygen atoms in total. The van der Waals surface area contributed by atoms with Gasteiger partial charge < -0.3 is 11.5 Å². The lowest BCUT2D eigenvalue weighted by atomic mass is 10.2. The molecule has 1 aromatic heterocycles. The molecule has 14 heavy (non-hydrogen) atoms. The van der Waals surface area contributed by atoms with Gasteiger partial charge in [0.1, 0.15) is 0 Å². The Morgan fingerprint density at radius 1 is 1.71 bits per heavy atom. The van der Waals surface area contributed by atoms with E-state index in [-0.39, 0.29) is 16.6 Å². The second kappa shape index (κ2) is 4.19. The molecule has 0 spiro atoms. The number of aryl methyl sites for hydroxylation is 1. The van der Waals surface area contributed by atoms with E-state index in [4.69, 9.17) is 23.7 Å². The number of nitrogen functional groups attached to an aromatic ring is 1. The zero-order valence-corrected chi connectivity index (χ0v) is 8.67. The molecule has 0 saturated heterocycles. The molecule has 0 aliphatic heterocycles. The minimum atomic E-state index is -0.363. The van der Waals surface area contributed by atoms with E-state index in [0.717, 1.165) is 6.42 Å². The van der Waals surface area contributed by atoms with Crippen LogP contribution in [0.15, 0.2) is 10.9 Å². The van der Waals surface area contributed by atoms with E-state index in [2.05, 4.69) is 4.98 Å². The first-order valence-electron chi connectivity index (χ1n) is 4.24. The summed E-state index contributed by atoms with van der Waals surface area (Å²) in [5.74, 6) is 0.0495. The van der Waals surface area contributed by atoms with Gasteiger partial charge in [-0.2, -0.15) is 4.98 Å². The van der Waals surface area contributed by atoms with Gasteiger partial charge in [-0.1, -0.05) is 13.3 Å². The van der Waals surface area contributed by atoms with Crippen LogP contribution < -0.4 is 17.0 Å². The average molecular weight is 212 g/mol. The van der Waals surface area contributed by atoms with Gasteiger partial charge in [0.15, 0.2) is 5.11 Å². The van der Waals surface area contributed by atoms with Gasteiger partial charge in [-0.05, 0) is 18.6 Å². The molecular formula is C8H12N4OS. The predicted molar refractivity (Wildman–Crippen MR) is 59.1 cm³/mol. The number of hydrogen-bond donors (Lipinski definition) is 2. The van der Waals surface area contributed by atoms with Crippen LogP contribution in [0.5, 0.6) is 0 Å². The third kappa shape index (κ3) is 2.08. The summed E-state index contributed by atoms with van der Waals surface area (Å²) >= 11 is 4.81. The SMILES string of the molecule is CCCc1cc(=O)nc(N)n1C(N)=S. The summed E-state index contributed by atoms with van der Waals surface area (Å²) in [5, 5.41) is 0.110. The lowest BCUT2D eigenvalue weighted by Crippen LogP contribution is -2.29. The lowest BCUT2D eigenvalue weighted by molar-refractivity contribution is 0.834. The van der Waals surface area contributed by atoms with Gasteiger partial charge in [-0.15, -0.1) is 0 Å². The number of nitrogens with zero attached hydrogens (tertiary/aromatic N) is 2. The van der Waals surface area contributed by atoms with Gasteiger partial charge in [0.05, 0.1) is 0 Å². The van der Waals surface area contributed by atoms with Crippen molar-refractivity contribution in [3.05, 3.63) is 22.1 Å². The summed E-state index contributed by atoms with van der Waals surface area (Å²) in [7, 11) is 0. The third-order valence-corrected chi connectivity index (χ3v) is 1.94. The topological polar surface area (TPSA) is 86.9 Å². The van der Waals surface area contributed by atoms with Crippen LogP contribution in [0.3, 0.4) is 0 Å². The fraction of sp³-hybridized carbons (Fsp3) is 0.375. The van der Waals surface area contributed by atoms with Crippen molar-refractivity contribution in [2.45, 2.75) is 19.8 Å². The van der Waals surface area contributed by atoms with Crippen molar-refractivity contribution in [3.63, 3.8) is 0 Å². The Balaban J connectivity index is 3.36. The zero-order valence-electron chi connectivity index (χ0n) is 7.86. The first kappa shape index (κ1) is 10.6. The van der Waals surface area contributed by atoms with Crippen LogP contribution in [-0.2, 0) is 6.42 Å². The lowest BCUT2D eigenvalue weighted by Gasteiger charge is -2.12. The van der Waals surface area contributed by atoms with Crippen molar-refractivity contribution < 1.29 is 0 Å². The highest BCUT2D eigenvalue weighted by Gasteiger charge is 2.07. The normalized spacial score (nSPS) is 10.1. The van der Waals surface area contributed by atoms with E-state index in [1.807, 2.05) is 6.92 Å². The maximum atomic E-state index is 11.1. The summed E-state index contributed by atoms with van der Waals surface area (Å²) < 4.78 is 1.42. The Morgan fingerprint density at radius 2 is 2.36 bits per heavy atom. The minimum absolute atomic E-state index is 0.0495. The number of aromatic nitrogens is 2. The fourth-order valence-electron chi connectivity index (χ4n) is 1.24. The van der Waals surface area contributed by atoms with E-state index in [9.17, 15) is 4.79 Å². The fourth-order valence-corrected chi connectivity index (χ4v) is 1.45. The molecule has 0 radical (unpaired) electrons. The van der Waals surface area contributed by atoms with Gasteiger partial charge in [0.25, 0.3) is 5.56 Å². The van der Waals surface area contributed by atoms with Gasteiger partial charge in [-0.25, -0.2) is 0 Å². The van der Waals surface area contributed by atoms with Gasteiger partial charge in [0.2, 0.25) is 5.95 Å². The number of anilines is 1. The van der Waals surface area contributed by atoms with Crippen LogP contribution in [0.2, 0.25) is 0 Å². The second-order valence-corrected chi connectivity index (χ2v) is 3.29. The highest BCUT2D eigenvalue weighted by Crippen LogP contribution is 2.04. The van der Waals surface area contributed by atoms with E-state index in [1.54, 1.807) is 0 Å². The molecule has 0 aliphatic rings. The Labute approximate surface area is 86.7 Å². The minimum Gasteiger partial charge on any atom is -0.376 e. The van der Waals surface area contributed by atoms with Crippen molar-refractivity contribution in [1.82, 2.24) is 9.55 Å². The van der Waals surface area contributed by atoms with Crippen LogP contribution in [0, 0.1) is 0 Å². The van der Waals surface area contributed by atoms with Crippen molar-refractivity contribution in [3.8, 4) is 0 Å². The number of rotatable bonds is 2. The summed E-state index contributed by atoms with van der Waals surface area (Å²) in [5.41, 5.74) is 11.3. The Bertz CT molecular complexity index is 412. The standard InChI is InChI=1S/C8H12N4OS/c1-2-3-5-4-6(13)11-7(9)12(5)8(10)14/h4H,2-3H2,1H3,(H2,10,14)(H2,9,11,13). The molecule has 0 saturated carbocycles. The number of hydrogen-bond acceptors (Lipinski definition) is 4. The molecular weight excluding hydrogens is 200 g/mol. The Morgan fingerprint density at radius 3 is 2.86 bits per heavy atom.